The van der Waals surface area contributed by atoms with E-state index < -0.39 is 0 Å². The highest BCUT2D eigenvalue weighted by molar-refractivity contribution is 7.18. The first-order valence-electron chi connectivity index (χ1n) is 15.4. The number of fused-ring (bicyclic) bond motifs is 5. The molecule has 0 spiro atoms. The van der Waals surface area contributed by atoms with Crippen molar-refractivity contribution in [1.29, 1.82) is 0 Å². The fourth-order valence-electron chi connectivity index (χ4n) is 6.46. The molecule has 0 amide bonds. The van der Waals surface area contributed by atoms with Crippen LogP contribution in [0.3, 0.4) is 0 Å². The van der Waals surface area contributed by atoms with Gasteiger partial charge in [0.15, 0.2) is 5.82 Å². The van der Waals surface area contributed by atoms with E-state index in [0.29, 0.717) is 5.82 Å². The van der Waals surface area contributed by atoms with Crippen LogP contribution in [-0.2, 0) is 0 Å². The van der Waals surface area contributed by atoms with Crippen LogP contribution in [0.15, 0.2) is 163 Å². The van der Waals surface area contributed by atoms with Gasteiger partial charge in [-0.15, -0.1) is 11.3 Å². The number of nitrogens with zero attached hydrogens (tertiary/aromatic N) is 3. The summed E-state index contributed by atoms with van der Waals surface area (Å²) in [5, 5.41) is 6.06. The molecule has 0 aliphatic heterocycles. The first kappa shape index (κ1) is 26.6. The van der Waals surface area contributed by atoms with E-state index in [2.05, 4.69) is 156 Å². The van der Waals surface area contributed by atoms with Crippen molar-refractivity contribution in [2.24, 2.45) is 0 Å². The van der Waals surface area contributed by atoms with E-state index in [0.717, 1.165) is 33.8 Å². The monoisotopic (exact) mass is 605 g/mol. The molecule has 3 nitrogen and oxygen atoms in total. The lowest BCUT2D eigenvalue weighted by Crippen LogP contribution is -1.97. The zero-order valence-electron chi connectivity index (χ0n) is 24.8. The molecule has 0 atom stereocenters. The van der Waals surface area contributed by atoms with Crippen molar-refractivity contribution in [2.45, 2.75) is 0 Å². The van der Waals surface area contributed by atoms with Gasteiger partial charge in [0.2, 0.25) is 0 Å². The summed E-state index contributed by atoms with van der Waals surface area (Å²) in [4.78, 5) is 10.2. The average molecular weight is 606 g/mol. The summed E-state index contributed by atoms with van der Waals surface area (Å²) in [6.45, 7) is 0. The highest BCUT2D eigenvalue weighted by Gasteiger charge is 2.16. The summed E-state index contributed by atoms with van der Waals surface area (Å²) in [5.41, 5.74) is 10.8. The summed E-state index contributed by atoms with van der Waals surface area (Å²) < 4.78 is 3.70. The smallest absolute Gasteiger partial charge is 0.160 e. The van der Waals surface area contributed by atoms with E-state index in [1.165, 1.54) is 43.0 Å². The van der Waals surface area contributed by atoms with Crippen LogP contribution in [0.5, 0.6) is 0 Å². The Morgan fingerprint density at radius 3 is 1.78 bits per heavy atom. The second-order valence-electron chi connectivity index (χ2n) is 11.5. The maximum absolute atomic E-state index is 5.11. The van der Waals surface area contributed by atoms with Crippen molar-refractivity contribution in [1.82, 2.24) is 14.5 Å². The molecule has 0 N–H and O–H groups in total. The Labute approximate surface area is 270 Å². The van der Waals surface area contributed by atoms with Gasteiger partial charge in [0.05, 0.1) is 22.4 Å². The first-order valence-corrected chi connectivity index (χ1v) is 16.3. The quantitative estimate of drug-likeness (QED) is 0.195. The van der Waals surface area contributed by atoms with Crippen molar-refractivity contribution in [2.75, 3.05) is 0 Å². The molecule has 46 heavy (non-hydrogen) atoms. The van der Waals surface area contributed by atoms with E-state index in [9.17, 15) is 0 Å². The number of para-hydroxylation sites is 1. The van der Waals surface area contributed by atoms with Gasteiger partial charge >= 0.3 is 0 Å². The van der Waals surface area contributed by atoms with Crippen molar-refractivity contribution in [3.63, 3.8) is 0 Å². The topological polar surface area (TPSA) is 30.7 Å². The fourth-order valence-corrected chi connectivity index (χ4v) is 7.42. The average Bonchev–Trinajstić information content (AvgIpc) is 3.75. The number of thiophene rings is 1. The third-order valence-corrected chi connectivity index (χ3v) is 9.67. The van der Waals surface area contributed by atoms with Crippen LogP contribution >= 0.6 is 11.3 Å². The first-order chi connectivity index (χ1) is 22.8. The highest BCUT2D eigenvalue weighted by atomic mass is 32.1. The van der Waals surface area contributed by atoms with Crippen LogP contribution in [0.2, 0.25) is 0 Å². The molecule has 0 bridgehead atoms. The minimum absolute atomic E-state index is 0.706. The van der Waals surface area contributed by atoms with Gasteiger partial charge < -0.3 is 4.57 Å². The number of aromatic nitrogens is 3. The Hall–Kier alpha value is -5.84. The molecule has 0 saturated heterocycles. The molecular weight excluding hydrogens is 579 g/mol. The third-order valence-electron chi connectivity index (χ3n) is 8.72. The molecule has 216 valence electrons. The van der Waals surface area contributed by atoms with Gasteiger partial charge in [0.25, 0.3) is 0 Å². The fraction of sp³-hybridized carbons (Fsp3) is 0. The Morgan fingerprint density at radius 1 is 0.457 bits per heavy atom. The lowest BCUT2D eigenvalue weighted by molar-refractivity contribution is 1.16. The Balaban J connectivity index is 1.15. The lowest BCUT2D eigenvalue weighted by atomic mass is 10.0. The molecule has 6 aromatic carbocycles. The summed E-state index contributed by atoms with van der Waals surface area (Å²) in [6, 6.07) is 55.6. The van der Waals surface area contributed by atoms with E-state index in [1.54, 1.807) is 0 Å². The molecule has 4 heteroatoms. The number of hydrogen-bond donors (Lipinski definition) is 0. The predicted molar refractivity (Wildman–Crippen MR) is 193 cm³/mol. The van der Waals surface area contributed by atoms with Crippen molar-refractivity contribution < 1.29 is 0 Å². The van der Waals surface area contributed by atoms with E-state index in [1.807, 2.05) is 23.5 Å². The largest absolute Gasteiger partial charge is 0.309 e. The summed E-state index contributed by atoms with van der Waals surface area (Å²) in [5.74, 6) is 0.706. The molecular formula is C42H27N3S. The van der Waals surface area contributed by atoms with Crippen LogP contribution in [0.25, 0.3) is 82.6 Å². The molecule has 0 unspecified atom stereocenters. The van der Waals surface area contributed by atoms with Crippen LogP contribution in [0.1, 0.15) is 0 Å². The lowest BCUT2D eigenvalue weighted by Gasteiger charge is -2.12. The number of hydrogen-bond acceptors (Lipinski definition) is 3. The summed E-state index contributed by atoms with van der Waals surface area (Å²) in [7, 11) is 0. The molecule has 9 aromatic rings. The maximum atomic E-state index is 5.11. The normalized spacial score (nSPS) is 11.5. The number of benzene rings is 6. The third kappa shape index (κ3) is 4.50. The van der Waals surface area contributed by atoms with Gasteiger partial charge in [-0.05, 0) is 70.4 Å². The Kier molecular flexibility index (Phi) is 6.32. The van der Waals surface area contributed by atoms with Gasteiger partial charge in [-0.2, -0.15) is 0 Å². The standard InChI is InChI=1S/C42H27N3S/c1-3-9-28(10-4-1)29-15-17-31(18-16-29)37-27-36(30-11-5-2-6-12-30)43-42(44-37)33-19-22-34(23-20-33)45-38-14-8-7-13-35(38)40-39(45)24-21-32-25-26-46-41(32)40/h1-27H. The highest BCUT2D eigenvalue weighted by Crippen LogP contribution is 2.39. The summed E-state index contributed by atoms with van der Waals surface area (Å²) >= 11 is 1.81. The van der Waals surface area contributed by atoms with Gasteiger partial charge in [0.1, 0.15) is 0 Å². The van der Waals surface area contributed by atoms with E-state index in [4.69, 9.17) is 9.97 Å². The zero-order valence-corrected chi connectivity index (χ0v) is 25.7. The van der Waals surface area contributed by atoms with Gasteiger partial charge in [-0.3, -0.25) is 0 Å². The second-order valence-corrected chi connectivity index (χ2v) is 12.4. The molecule has 0 saturated carbocycles. The van der Waals surface area contributed by atoms with E-state index in [-0.39, 0.29) is 0 Å². The van der Waals surface area contributed by atoms with Crippen molar-refractivity contribution in [3.05, 3.63) is 163 Å². The van der Waals surface area contributed by atoms with Crippen molar-refractivity contribution >= 4 is 43.2 Å². The Morgan fingerprint density at radius 2 is 1.04 bits per heavy atom. The molecule has 3 heterocycles. The van der Waals surface area contributed by atoms with Gasteiger partial charge in [0, 0.05) is 37.9 Å². The predicted octanol–water partition coefficient (Wildman–Crippen LogP) is 11.5. The number of rotatable bonds is 5. The minimum Gasteiger partial charge on any atom is -0.309 e. The maximum Gasteiger partial charge on any atom is 0.160 e. The van der Waals surface area contributed by atoms with Crippen LogP contribution in [-0.4, -0.2) is 14.5 Å². The second kappa shape index (κ2) is 11.0. The molecule has 0 aliphatic carbocycles. The van der Waals surface area contributed by atoms with Crippen molar-refractivity contribution in [3.8, 4) is 50.7 Å². The Bertz CT molecular complexity index is 2490. The van der Waals surface area contributed by atoms with Crippen LogP contribution in [0, 0.1) is 0 Å². The molecule has 9 rings (SSSR count). The SMILES string of the molecule is c1ccc(-c2ccc(-c3cc(-c4ccccc4)nc(-c4ccc(-n5c6ccccc6c6c7sccc7ccc65)cc4)n3)cc2)cc1. The molecule has 0 aliphatic rings. The van der Waals surface area contributed by atoms with E-state index >= 15 is 0 Å². The van der Waals surface area contributed by atoms with Crippen LogP contribution in [0.4, 0.5) is 0 Å². The zero-order chi connectivity index (χ0) is 30.5. The van der Waals surface area contributed by atoms with Gasteiger partial charge in [-0.25, -0.2) is 9.97 Å². The minimum atomic E-state index is 0.706. The molecule has 3 aromatic heterocycles. The summed E-state index contributed by atoms with van der Waals surface area (Å²) in [6.07, 6.45) is 0. The van der Waals surface area contributed by atoms with Gasteiger partial charge in [-0.1, -0.05) is 109 Å². The molecule has 0 fully saturated rings. The molecule has 0 radical (unpaired) electrons. The van der Waals surface area contributed by atoms with Crippen LogP contribution < -0.4 is 0 Å².